The number of hydrogen-bond acceptors (Lipinski definition) is 3. The predicted octanol–water partition coefficient (Wildman–Crippen LogP) is 4.62. The second-order valence-corrected chi connectivity index (χ2v) is 7.31. The maximum absolute atomic E-state index is 6.24. The summed E-state index contributed by atoms with van der Waals surface area (Å²) in [6.45, 7) is 2.18. The van der Waals surface area contributed by atoms with E-state index >= 15 is 0 Å². The average Bonchev–Trinajstić information content (AvgIpc) is 2.62. The molecule has 0 bridgehead atoms. The van der Waals surface area contributed by atoms with Crippen LogP contribution < -0.4 is 4.74 Å². The Morgan fingerprint density at radius 2 is 1.78 bits per heavy atom. The number of nitrogens with zero attached hydrogens (tertiary/aromatic N) is 1. The second-order valence-electron chi connectivity index (χ2n) is 6.87. The van der Waals surface area contributed by atoms with Crippen LogP contribution in [0.3, 0.4) is 0 Å². The summed E-state index contributed by atoms with van der Waals surface area (Å²) in [5.41, 5.74) is 0.819. The van der Waals surface area contributed by atoms with Crippen molar-refractivity contribution >= 4 is 11.6 Å². The van der Waals surface area contributed by atoms with E-state index in [4.69, 9.17) is 21.1 Å². The molecule has 0 amide bonds. The highest BCUT2D eigenvalue weighted by Crippen LogP contribution is 2.43. The second kappa shape index (κ2) is 7.42. The standard InChI is InChI=1S/C19H28ClNO2/c1-22-18-9-8-15(20)14-17(18)19(23-2)10-12-21(13-11-19)16-6-4-3-5-7-16/h8-9,14,16H,3-7,10-13H2,1-2H3. The summed E-state index contributed by atoms with van der Waals surface area (Å²) < 4.78 is 11.6. The maximum Gasteiger partial charge on any atom is 0.125 e. The molecule has 1 aliphatic heterocycles. The van der Waals surface area contributed by atoms with Crippen molar-refractivity contribution in [3.8, 4) is 5.75 Å². The first-order valence-corrected chi connectivity index (χ1v) is 9.19. The zero-order valence-corrected chi connectivity index (χ0v) is 15.1. The predicted molar refractivity (Wildman–Crippen MR) is 94.4 cm³/mol. The summed E-state index contributed by atoms with van der Waals surface area (Å²) >= 11 is 6.24. The first-order valence-electron chi connectivity index (χ1n) is 8.82. The van der Waals surface area contributed by atoms with Crippen LogP contribution in [-0.4, -0.2) is 38.3 Å². The summed E-state index contributed by atoms with van der Waals surface area (Å²) in [4.78, 5) is 2.67. The van der Waals surface area contributed by atoms with E-state index < -0.39 is 0 Å². The Morgan fingerprint density at radius 1 is 1.09 bits per heavy atom. The summed E-state index contributed by atoms with van der Waals surface area (Å²) in [7, 11) is 3.53. The molecule has 2 aliphatic rings. The molecule has 0 radical (unpaired) electrons. The Kier molecular flexibility index (Phi) is 5.50. The zero-order valence-electron chi connectivity index (χ0n) is 14.3. The molecule has 0 N–H and O–H groups in total. The van der Waals surface area contributed by atoms with Gasteiger partial charge in [-0.25, -0.2) is 0 Å². The number of piperidine rings is 1. The van der Waals surface area contributed by atoms with Crippen molar-refractivity contribution < 1.29 is 9.47 Å². The largest absolute Gasteiger partial charge is 0.496 e. The number of halogens is 1. The SMILES string of the molecule is COc1ccc(Cl)cc1C1(OC)CCN(C2CCCCC2)CC1. The third-order valence-electron chi connectivity index (χ3n) is 5.74. The van der Waals surface area contributed by atoms with Gasteiger partial charge in [0, 0.05) is 36.8 Å². The number of hydrogen-bond donors (Lipinski definition) is 0. The molecular formula is C19H28ClNO2. The van der Waals surface area contributed by atoms with Crippen LogP contribution in [0, 0.1) is 0 Å². The fraction of sp³-hybridized carbons (Fsp3) is 0.684. The van der Waals surface area contributed by atoms with Gasteiger partial charge < -0.3 is 14.4 Å². The fourth-order valence-corrected chi connectivity index (χ4v) is 4.49. The van der Waals surface area contributed by atoms with Crippen molar-refractivity contribution in [1.82, 2.24) is 4.90 Å². The highest BCUT2D eigenvalue weighted by molar-refractivity contribution is 6.30. The molecule has 1 saturated heterocycles. The topological polar surface area (TPSA) is 21.7 Å². The minimum atomic E-state index is -0.276. The Labute approximate surface area is 144 Å². The highest BCUT2D eigenvalue weighted by atomic mass is 35.5. The Bertz CT molecular complexity index is 520. The molecule has 3 rings (SSSR count). The van der Waals surface area contributed by atoms with Crippen molar-refractivity contribution in [3.05, 3.63) is 28.8 Å². The van der Waals surface area contributed by atoms with Crippen molar-refractivity contribution in [3.63, 3.8) is 0 Å². The lowest BCUT2D eigenvalue weighted by Crippen LogP contribution is -2.48. The van der Waals surface area contributed by atoms with E-state index in [-0.39, 0.29) is 5.60 Å². The quantitative estimate of drug-likeness (QED) is 0.800. The maximum atomic E-state index is 6.24. The molecule has 4 heteroatoms. The van der Waals surface area contributed by atoms with Crippen LogP contribution >= 0.6 is 11.6 Å². The molecule has 1 heterocycles. The Balaban J connectivity index is 1.77. The molecule has 2 fully saturated rings. The molecule has 1 aromatic rings. The van der Waals surface area contributed by atoms with Crippen molar-refractivity contribution in [2.75, 3.05) is 27.3 Å². The Hall–Kier alpha value is -0.770. The minimum absolute atomic E-state index is 0.276. The van der Waals surface area contributed by atoms with Crippen molar-refractivity contribution in [2.45, 2.75) is 56.6 Å². The zero-order chi connectivity index (χ0) is 16.3. The number of benzene rings is 1. The molecule has 1 aromatic carbocycles. The van der Waals surface area contributed by atoms with Crippen LogP contribution in [0.1, 0.15) is 50.5 Å². The van der Waals surface area contributed by atoms with E-state index in [0.717, 1.165) is 48.3 Å². The summed E-state index contributed by atoms with van der Waals surface area (Å²) in [5.74, 6) is 0.877. The van der Waals surface area contributed by atoms with E-state index in [9.17, 15) is 0 Å². The molecule has 3 nitrogen and oxygen atoms in total. The molecule has 0 atom stereocenters. The number of likely N-dealkylation sites (tertiary alicyclic amines) is 1. The van der Waals surface area contributed by atoms with Gasteiger partial charge in [-0.1, -0.05) is 30.9 Å². The Morgan fingerprint density at radius 3 is 2.39 bits per heavy atom. The van der Waals surface area contributed by atoms with Gasteiger partial charge in [0.05, 0.1) is 12.7 Å². The molecule has 0 aromatic heterocycles. The van der Waals surface area contributed by atoms with Crippen LogP contribution in [0.25, 0.3) is 0 Å². The van der Waals surface area contributed by atoms with E-state index in [0.29, 0.717) is 0 Å². The first-order chi connectivity index (χ1) is 11.2. The molecule has 128 valence electrons. The number of methoxy groups -OCH3 is 2. The van der Waals surface area contributed by atoms with Gasteiger partial charge in [0.15, 0.2) is 0 Å². The molecule has 23 heavy (non-hydrogen) atoms. The monoisotopic (exact) mass is 337 g/mol. The van der Waals surface area contributed by atoms with Gasteiger partial charge in [-0.15, -0.1) is 0 Å². The van der Waals surface area contributed by atoms with E-state index in [1.807, 2.05) is 25.3 Å². The van der Waals surface area contributed by atoms with Gasteiger partial charge in [-0.05, 0) is 43.9 Å². The van der Waals surface area contributed by atoms with Crippen LogP contribution in [0.5, 0.6) is 5.75 Å². The van der Waals surface area contributed by atoms with Crippen LogP contribution in [0.2, 0.25) is 5.02 Å². The smallest absolute Gasteiger partial charge is 0.125 e. The third-order valence-corrected chi connectivity index (χ3v) is 5.98. The van der Waals surface area contributed by atoms with E-state index in [1.54, 1.807) is 7.11 Å². The summed E-state index contributed by atoms with van der Waals surface area (Å²) in [5, 5.41) is 0.743. The van der Waals surface area contributed by atoms with E-state index in [1.165, 1.54) is 32.1 Å². The molecule has 0 unspecified atom stereocenters. The van der Waals surface area contributed by atoms with Crippen LogP contribution in [0.15, 0.2) is 18.2 Å². The van der Waals surface area contributed by atoms with E-state index in [2.05, 4.69) is 4.90 Å². The summed E-state index contributed by atoms with van der Waals surface area (Å²) in [6, 6.07) is 6.62. The summed E-state index contributed by atoms with van der Waals surface area (Å²) in [6.07, 6.45) is 8.90. The lowest BCUT2D eigenvalue weighted by Gasteiger charge is -2.45. The van der Waals surface area contributed by atoms with Gasteiger partial charge in [0.25, 0.3) is 0 Å². The lowest BCUT2D eigenvalue weighted by atomic mass is 9.82. The molecule has 1 saturated carbocycles. The fourth-order valence-electron chi connectivity index (χ4n) is 4.32. The number of rotatable bonds is 4. The van der Waals surface area contributed by atoms with Gasteiger partial charge >= 0.3 is 0 Å². The normalized spacial score (nSPS) is 22.9. The molecule has 0 spiro atoms. The minimum Gasteiger partial charge on any atom is -0.496 e. The van der Waals surface area contributed by atoms with Crippen molar-refractivity contribution in [1.29, 1.82) is 0 Å². The molecule has 1 aliphatic carbocycles. The average molecular weight is 338 g/mol. The first kappa shape index (κ1) is 17.1. The van der Waals surface area contributed by atoms with Gasteiger partial charge in [0.1, 0.15) is 5.75 Å². The lowest BCUT2D eigenvalue weighted by molar-refractivity contribution is -0.0725. The molecular weight excluding hydrogens is 310 g/mol. The number of ether oxygens (including phenoxy) is 2. The van der Waals surface area contributed by atoms with Crippen LogP contribution in [0.4, 0.5) is 0 Å². The van der Waals surface area contributed by atoms with Gasteiger partial charge in [-0.3, -0.25) is 0 Å². The highest BCUT2D eigenvalue weighted by Gasteiger charge is 2.40. The van der Waals surface area contributed by atoms with Gasteiger partial charge in [0.2, 0.25) is 0 Å². The van der Waals surface area contributed by atoms with Crippen LogP contribution in [-0.2, 0) is 10.3 Å². The van der Waals surface area contributed by atoms with Gasteiger partial charge in [-0.2, -0.15) is 0 Å². The third kappa shape index (κ3) is 3.52. The van der Waals surface area contributed by atoms with Crippen molar-refractivity contribution in [2.24, 2.45) is 0 Å².